The molecule has 4 rings (SSSR count). The fourth-order valence-electron chi connectivity index (χ4n) is 8.36. The van der Waals surface area contributed by atoms with Crippen molar-refractivity contribution in [2.24, 2.45) is 35.0 Å². The number of carbonyl (C=O) groups is 1. The second-order valence-corrected chi connectivity index (χ2v) is 12.5. The van der Waals surface area contributed by atoms with Crippen LogP contribution in [-0.4, -0.2) is 46.2 Å². The van der Waals surface area contributed by atoms with Gasteiger partial charge in [-0.3, -0.25) is 0 Å². The van der Waals surface area contributed by atoms with Gasteiger partial charge in [-0.2, -0.15) is 0 Å². The number of cyclic esters (lactones) is 1. The first-order valence-corrected chi connectivity index (χ1v) is 14.6. The molecule has 1 heterocycles. The summed E-state index contributed by atoms with van der Waals surface area (Å²) in [5, 5.41) is 30.6. The lowest BCUT2D eigenvalue weighted by molar-refractivity contribution is -0.140. The average Bonchev–Trinajstić information content (AvgIpc) is 3.35. The second-order valence-electron chi connectivity index (χ2n) is 12.5. The largest absolute Gasteiger partial charge is 0.458 e. The topological polar surface area (TPSA) is 87.0 Å². The van der Waals surface area contributed by atoms with E-state index in [1.165, 1.54) is 31.3 Å². The zero-order valence-electron chi connectivity index (χ0n) is 23.1. The van der Waals surface area contributed by atoms with Gasteiger partial charge in [-0.1, -0.05) is 51.7 Å². The Labute approximate surface area is 223 Å². The van der Waals surface area contributed by atoms with Crippen molar-refractivity contribution in [2.75, 3.05) is 6.61 Å². The van der Waals surface area contributed by atoms with Crippen LogP contribution < -0.4 is 0 Å². The van der Waals surface area contributed by atoms with Crippen LogP contribution in [-0.2, 0) is 9.53 Å². The third-order valence-corrected chi connectivity index (χ3v) is 10.5. The van der Waals surface area contributed by atoms with Crippen LogP contribution in [0.1, 0.15) is 85.0 Å². The van der Waals surface area contributed by atoms with Gasteiger partial charge in [0, 0.05) is 24.0 Å². The molecule has 9 atom stereocenters. The zero-order valence-corrected chi connectivity index (χ0v) is 23.1. The van der Waals surface area contributed by atoms with Gasteiger partial charge in [-0.15, -0.1) is 0 Å². The van der Waals surface area contributed by atoms with E-state index in [4.69, 9.17) is 9.84 Å². The highest BCUT2D eigenvalue weighted by molar-refractivity contribution is 5.90. The van der Waals surface area contributed by atoms with Gasteiger partial charge in [0.15, 0.2) is 0 Å². The Balaban J connectivity index is 1.46. The highest BCUT2D eigenvalue weighted by Crippen LogP contribution is 2.60. The minimum Gasteiger partial charge on any atom is -0.458 e. The molecule has 5 heteroatoms. The van der Waals surface area contributed by atoms with E-state index in [1.54, 1.807) is 0 Å². The van der Waals surface area contributed by atoms with Crippen molar-refractivity contribution < 1.29 is 24.9 Å². The van der Waals surface area contributed by atoms with Crippen LogP contribution in [0.4, 0.5) is 0 Å². The van der Waals surface area contributed by atoms with E-state index in [2.05, 4.69) is 46.1 Å². The van der Waals surface area contributed by atoms with Crippen molar-refractivity contribution in [2.45, 2.75) is 103 Å². The Bertz CT molecular complexity index is 947. The van der Waals surface area contributed by atoms with Gasteiger partial charge >= 0.3 is 5.97 Å². The minimum atomic E-state index is -0.763. The Morgan fingerprint density at radius 1 is 1.19 bits per heavy atom. The fraction of sp³-hybridized carbons (Fsp3) is 0.719. The quantitative estimate of drug-likeness (QED) is 0.289. The number of fused-ring (bicyclic) bond motifs is 1. The van der Waals surface area contributed by atoms with E-state index in [9.17, 15) is 15.0 Å². The summed E-state index contributed by atoms with van der Waals surface area (Å²) >= 11 is 0. The Morgan fingerprint density at radius 3 is 2.65 bits per heavy atom. The maximum atomic E-state index is 12.1. The molecule has 3 N–H and O–H groups in total. The van der Waals surface area contributed by atoms with Crippen molar-refractivity contribution in [3.8, 4) is 0 Å². The molecule has 206 valence electrons. The third-order valence-electron chi connectivity index (χ3n) is 10.5. The summed E-state index contributed by atoms with van der Waals surface area (Å²) in [6.07, 6.45) is 12.3. The van der Waals surface area contributed by atoms with E-state index in [0.29, 0.717) is 48.2 Å². The van der Waals surface area contributed by atoms with Crippen molar-refractivity contribution in [3.05, 3.63) is 47.6 Å². The smallest absolute Gasteiger partial charge is 0.334 e. The summed E-state index contributed by atoms with van der Waals surface area (Å²) in [5.74, 6) is 1.28. The third kappa shape index (κ3) is 5.42. The van der Waals surface area contributed by atoms with Crippen LogP contribution in [0.5, 0.6) is 0 Å². The Morgan fingerprint density at radius 2 is 1.95 bits per heavy atom. The highest BCUT2D eigenvalue weighted by Gasteiger charge is 2.51. The van der Waals surface area contributed by atoms with Crippen LogP contribution in [0.3, 0.4) is 0 Å². The first kappa shape index (κ1) is 28.3. The number of aliphatic hydroxyl groups is 3. The summed E-state index contributed by atoms with van der Waals surface area (Å²) in [6.45, 7) is 15.1. The van der Waals surface area contributed by atoms with Crippen LogP contribution in [0.2, 0.25) is 0 Å². The molecule has 4 fully saturated rings. The molecule has 5 nitrogen and oxygen atoms in total. The Kier molecular flexibility index (Phi) is 8.87. The van der Waals surface area contributed by atoms with Gasteiger partial charge in [-0.05, 0) is 98.5 Å². The summed E-state index contributed by atoms with van der Waals surface area (Å²) < 4.78 is 5.74. The van der Waals surface area contributed by atoms with Gasteiger partial charge in [0.25, 0.3) is 0 Å². The molecule has 1 saturated heterocycles. The predicted octanol–water partition coefficient (Wildman–Crippen LogP) is 5.66. The lowest BCUT2D eigenvalue weighted by Gasteiger charge is -2.45. The van der Waals surface area contributed by atoms with E-state index < -0.39 is 12.2 Å². The number of aliphatic hydroxyl groups excluding tert-OH is 3. The molecule has 0 spiro atoms. The number of rotatable bonds is 8. The number of carbonyl (C=O) groups excluding carboxylic acids is 1. The molecule has 0 aromatic carbocycles. The second kappa shape index (κ2) is 11.6. The number of ether oxygens (including phenoxy) is 1. The van der Waals surface area contributed by atoms with E-state index in [1.807, 2.05) is 0 Å². The van der Waals surface area contributed by atoms with Crippen LogP contribution in [0.15, 0.2) is 47.6 Å². The van der Waals surface area contributed by atoms with E-state index in [-0.39, 0.29) is 35.9 Å². The van der Waals surface area contributed by atoms with Gasteiger partial charge < -0.3 is 20.1 Å². The minimum absolute atomic E-state index is 0.0395. The van der Waals surface area contributed by atoms with Crippen LogP contribution >= 0.6 is 0 Å². The van der Waals surface area contributed by atoms with Crippen LogP contribution in [0.25, 0.3) is 0 Å². The summed E-state index contributed by atoms with van der Waals surface area (Å²) in [5.41, 5.74) is 4.02. The highest BCUT2D eigenvalue weighted by atomic mass is 16.6. The number of hydrogen-bond acceptors (Lipinski definition) is 5. The molecule has 1 aliphatic heterocycles. The number of allylic oxidation sites excluding steroid dienone is 3. The van der Waals surface area contributed by atoms with Gasteiger partial charge in [-0.25, -0.2) is 4.79 Å². The monoisotopic (exact) mass is 512 g/mol. The molecule has 4 aliphatic rings. The first-order chi connectivity index (χ1) is 17.6. The van der Waals surface area contributed by atoms with Crippen LogP contribution in [0, 0.1) is 35.0 Å². The zero-order chi connectivity index (χ0) is 26.9. The van der Waals surface area contributed by atoms with Gasteiger partial charge in [0.1, 0.15) is 6.10 Å². The molecular formula is C32H48O5. The first-order valence-electron chi connectivity index (χ1n) is 14.6. The number of hydrogen-bond donors (Lipinski definition) is 3. The molecule has 0 aromatic heterocycles. The molecule has 0 amide bonds. The molecule has 0 bridgehead atoms. The van der Waals surface area contributed by atoms with Crippen molar-refractivity contribution in [1.29, 1.82) is 0 Å². The van der Waals surface area contributed by atoms with Gasteiger partial charge in [0.2, 0.25) is 0 Å². The lowest BCUT2D eigenvalue weighted by atomic mass is 9.60. The van der Waals surface area contributed by atoms with E-state index in [0.717, 1.165) is 24.8 Å². The predicted molar refractivity (Wildman–Crippen MR) is 147 cm³/mol. The maximum Gasteiger partial charge on any atom is 0.334 e. The molecule has 0 radical (unpaired) electrons. The lowest BCUT2D eigenvalue weighted by Crippen LogP contribution is -2.38. The summed E-state index contributed by atoms with van der Waals surface area (Å²) in [7, 11) is 0. The summed E-state index contributed by atoms with van der Waals surface area (Å²) in [6, 6.07) is 0. The molecule has 0 aromatic rings. The molecule has 3 saturated carbocycles. The number of esters is 1. The van der Waals surface area contributed by atoms with E-state index >= 15 is 0 Å². The average molecular weight is 513 g/mol. The summed E-state index contributed by atoms with van der Waals surface area (Å²) in [4.78, 5) is 12.1. The molecular weight excluding hydrogens is 464 g/mol. The maximum absolute atomic E-state index is 12.1. The molecule has 6 unspecified atom stereocenters. The van der Waals surface area contributed by atoms with Crippen molar-refractivity contribution >= 4 is 5.97 Å². The Hall–Kier alpha value is -1.69. The molecule has 37 heavy (non-hydrogen) atoms. The van der Waals surface area contributed by atoms with Crippen molar-refractivity contribution in [1.82, 2.24) is 0 Å². The SMILES string of the molecule is C=C1/C(=C/C=C2/CCC[C@]3(C)[C@@H](C(C)CC4OC(=O)C(=C)C4CC)CC[C@@H]23)CC(O)C(CCCO)C1O. The molecule has 3 aliphatic carbocycles. The van der Waals surface area contributed by atoms with Crippen molar-refractivity contribution in [3.63, 3.8) is 0 Å². The normalized spacial score (nSPS) is 41.4. The van der Waals surface area contributed by atoms with Gasteiger partial charge in [0.05, 0.1) is 12.2 Å². The fourth-order valence-corrected chi connectivity index (χ4v) is 8.36. The standard InChI is InChI=1S/C32H48O5/c1-6-24-21(4)31(36)37-29(24)17-19(2)26-13-14-27-22(9-7-15-32(26,27)5)11-12-23-18-28(34)25(10-8-16-33)30(35)20(23)3/h11-12,19,24-30,33-35H,3-4,6-10,13-18H2,1-2,5H3/b22-11-,23-12+/t19?,24?,25?,26-,27+,28?,29?,30?,32-/m1/s1.